The molecule has 0 aliphatic carbocycles. The number of fused-ring (bicyclic) bond motifs is 1. The number of aromatic nitrogens is 1. The number of ether oxygens (including phenoxy) is 3. The number of rotatable bonds is 8. The fourth-order valence-corrected chi connectivity index (χ4v) is 4.10. The summed E-state index contributed by atoms with van der Waals surface area (Å²) in [5, 5.41) is 16.2. The van der Waals surface area contributed by atoms with Crippen molar-refractivity contribution < 1.29 is 19.1 Å². The maximum atomic E-state index is 11.4. The zero-order chi connectivity index (χ0) is 22.5. The maximum Gasteiger partial charge on any atom is 0.278 e. The predicted molar refractivity (Wildman–Crippen MR) is 122 cm³/mol. The first-order chi connectivity index (χ1) is 15.6. The number of benzene rings is 2. The Bertz CT molecular complexity index is 1100. The Morgan fingerprint density at radius 3 is 2.62 bits per heavy atom. The molecule has 3 aromatic rings. The van der Waals surface area contributed by atoms with E-state index in [1.165, 1.54) is 12.3 Å². The SMILES string of the molecule is COc1ccc(C(CNc2ccc([N+](=O)[O-])c3cnccc23)N2CCOCC2)cc1OC. The molecule has 9 heteroatoms. The van der Waals surface area contributed by atoms with Crippen LogP contribution in [0.3, 0.4) is 0 Å². The molecule has 168 valence electrons. The van der Waals surface area contributed by atoms with Gasteiger partial charge in [-0.3, -0.25) is 20.0 Å². The standard InChI is InChI=1S/C23H26N4O5/c1-30-22-6-3-16(13-23(22)31-2)21(26-9-11-32-12-10-26)15-25-19-4-5-20(27(28)29)18-14-24-8-7-17(18)19/h3-8,13-14,21,25H,9-12,15H2,1-2H3. The highest BCUT2D eigenvalue weighted by Crippen LogP contribution is 2.34. The number of nitrogens with one attached hydrogen (secondary N) is 1. The smallest absolute Gasteiger partial charge is 0.278 e. The van der Waals surface area contributed by atoms with Crippen LogP contribution in [0.25, 0.3) is 10.8 Å². The van der Waals surface area contributed by atoms with Gasteiger partial charge < -0.3 is 19.5 Å². The molecule has 2 aromatic carbocycles. The minimum Gasteiger partial charge on any atom is -0.493 e. The van der Waals surface area contributed by atoms with E-state index in [2.05, 4.69) is 15.2 Å². The number of morpholine rings is 1. The minimum atomic E-state index is -0.381. The molecule has 1 saturated heterocycles. The average Bonchev–Trinajstić information content (AvgIpc) is 2.84. The lowest BCUT2D eigenvalue weighted by Gasteiger charge is -2.35. The first-order valence-electron chi connectivity index (χ1n) is 10.4. The van der Waals surface area contributed by atoms with E-state index >= 15 is 0 Å². The molecule has 1 atom stereocenters. The second kappa shape index (κ2) is 9.80. The number of anilines is 1. The van der Waals surface area contributed by atoms with Crippen LogP contribution in [-0.4, -0.2) is 61.9 Å². The monoisotopic (exact) mass is 438 g/mol. The number of methoxy groups -OCH3 is 2. The molecule has 1 aliphatic heterocycles. The molecule has 0 bridgehead atoms. The third kappa shape index (κ3) is 4.44. The van der Waals surface area contributed by atoms with Crippen LogP contribution in [0.1, 0.15) is 11.6 Å². The maximum absolute atomic E-state index is 11.4. The number of nitro groups is 1. The second-order valence-electron chi connectivity index (χ2n) is 7.47. The van der Waals surface area contributed by atoms with Crippen molar-refractivity contribution in [1.29, 1.82) is 0 Å². The van der Waals surface area contributed by atoms with Crippen molar-refractivity contribution in [3.63, 3.8) is 0 Å². The molecule has 4 rings (SSSR count). The van der Waals surface area contributed by atoms with Gasteiger partial charge in [0.2, 0.25) is 0 Å². The van der Waals surface area contributed by atoms with Crippen molar-refractivity contribution in [2.45, 2.75) is 6.04 Å². The molecule has 0 radical (unpaired) electrons. The van der Waals surface area contributed by atoms with Crippen molar-refractivity contribution in [3.05, 3.63) is 64.5 Å². The lowest BCUT2D eigenvalue weighted by molar-refractivity contribution is -0.383. The summed E-state index contributed by atoms with van der Waals surface area (Å²) in [5.74, 6) is 1.36. The van der Waals surface area contributed by atoms with Crippen molar-refractivity contribution in [2.75, 3.05) is 52.4 Å². The van der Waals surface area contributed by atoms with Gasteiger partial charge in [-0.1, -0.05) is 6.07 Å². The topological polar surface area (TPSA) is 99.0 Å². The highest BCUT2D eigenvalue weighted by Gasteiger charge is 2.24. The lowest BCUT2D eigenvalue weighted by Crippen LogP contribution is -2.41. The molecule has 1 aromatic heterocycles. The van der Waals surface area contributed by atoms with Gasteiger partial charge in [-0.05, 0) is 29.8 Å². The summed E-state index contributed by atoms with van der Waals surface area (Å²) < 4.78 is 16.4. The number of non-ortho nitro benzene ring substituents is 1. The summed E-state index contributed by atoms with van der Waals surface area (Å²) in [6.07, 6.45) is 3.18. The van der Waals surface area contributed by atoms with Crippen LogP contribution in [0.15, 0.2) is 48.8 Å². The van der Waals surface area contributed by atoms with Gasteiger partial charge in [-0.25, -0.2) is 0 Å². The summed E-state index contributed by atoms with van der Waals surface area (Å²) in [5.41, 5.74) is 1.96. The summed E-state index contributed by atoms with van der Waals surface area (Å²) in [6, 6.07) is 11.1. The molecule has 0 spiro atoms. The average molecular weight is 438 g/mol. The Kier molecular flexibility index (Phi) is 6.67. The Balaban J connectivity index is 1.66. The number of nitro benzene ring substituents is 1. The van der Waals surface area contributed by atoms with Crippen LogP contribution >= 0.6 is 0 Å². The van der Waals surface area contributed by atoms with Gasteiger partial charge in [0.15, 0.2) is 11.5 Å². The fourth-order valence-electron chi connectivity index (χ4n) is 4.10. The van der Waals surface area contributed by atoms with Crippen LogP contribution < -0.4 is 14.8 Å². The largest absolute Gasteiger partial charge is 0.493 e. The van der Waals surface area contributed by atoms with Crippen LogP contribution in [0.4, 0.5) is 11.4 Å². The summed E-state index contributed by atoms with van der Waals surface area (Å²) in [7, 11) is 3.24. The Morgan fingerprint density at radius 2 is 1.91 bits per heavy atom. The molecule has 1 aliphatic rings. The molecule has 9 nitrogen and oxygen atoms in total. The Hall–Kier alpha value is -3.43. The van der Waals surface area contributed by atoms with E-state index in [0.29, 0.717) is 36.6 Å². The van der Waals surface area contributed by atoms with E-state index in [1.54, 1.807) is 32.5 Å². The Labute approximate surface area is 186 Å². The van der Waals surface area contributed by atoms with Crippen LogP contribution in [-0.2, 0) is 4.74 Å². The molecule has 1 N–H and O–H groups in total. The highest BCUT2D eigenvalue weighted by molar-refractivity contribution is 5.99. The van der Waals surface area contributed by atoms with Gasteiger partial charge in [0.05, 0.1) is 43.8 Å². The predicted octanol–water partition coefficient (Wildman–Crippen LogP) is 3.65. The normalized spacial score (nSPS) is 15.3. The van der Waals surface area contributed by atoms with E-state index in [4.69, 9.17) is 14.2 Å². The summed E-state index contributed by atoms with van der Waals surface area (Å²) in [4.78, 5) is 17.5. The summed E-state index contributed by atoms with van der Waals surface area (Å²) in [6.45, 7) is 3.58. The van der Waals surface area contributed by atoms with E-state index in [1.807, 2.05) is 18.2 Å². The van der Waals surface area contributed by atoms with Gasteiger partial charge in [0.1, 0.15) is 0 Å². The second-order valence-corrected chi connectivity index (χ2v) is 7.47. The van der Waals surface area contributed by atoms with Gasteiger partial charge >= 0.3 is 0 Å². The first-order valence-corrected chi connectivity index (χ1v) is 10.4. The molecular weight excluding hydrogens is 412 g/mol. The third-order valence-corrected chi connectivity index (χ3v) is 5.76. The molecule has 1 fully saturated rings. The van der Waals surface area contributed by atoms with Gasteiger partial charge in [-0.2, -0.15) is 0 Å². The van der Waals surface area contributed by atoms with Crippen LogP contribution in [0, 0.1) is 10.1 Å². The highest BCUT2D eigenvalue weighted by atomic mass is 16.6. The van der Waals surface area contributed by atoms with E-state index in [0.717, 1.165) is 29.7 Å². The van der Waals surface area contributed by atoms with Crippen molar-refractivity contribution >= 4 is 22.1 Å². The zero-order valence-corrected chi connectivity index (χ0v) is 18.1. The van der Waals surface area contributed by atoms with Crippen molar-refractivity contribution in [1.82, 2.24) is 9.88 Å². The fraction of sp³-hybridized carbons (Fsp3) is 0.348. The Morgan fingerprint density at radius 1 is 1.12 bits per heavy atom. The number of nitrogens with zero attached hydrogens (tertiary/aromatic N) is 3. The van der Waals surface area contributed by atoms with Gasteiger partial charge in [-0.15, -0.1) is 0 Å². The molecule has 32 heavy (non-hydrogen) atoms. The van der Waals surface area contributed by atoms with Gasteiger partial charge in [0, 0.05) is 49.2 Å². The van der Waals surface area contributed by atoms with Crippen LogP contribution in [0.5, 0.6) is 11.5 Å². The van der Waals surface area contributed by atoms with E-state index < -0.39 is 0 Å². The van der Waals surface area contributed by atoms with E-state index in [9.17, 15) is 10.1 Å². The molecular formula is C23H26N4O5. The minimum absolute atomic E-state index is 0.0447. The summed E-state index contributed by atoms with van der Waals surface area (Å²) >= 11 is 0. The number of hydrogen-bond acceptors (Lipinski definition) is 8. The third-order valence-electron chi connectivity index (χ3n) is 5.76. The zero-order valence-electron chi connectivity index (χ0n) is 18.1. The molecule has 2 heterocycles. The number of pyridine rings is 1. The molecule has 0 saturated carbocycles. The first kappa shape index (κ1) is 21.8. The van der Waals surface area contributed by atoms with Crippen molar-refractivity contribution in [3.8, 4) is 11.5 Å². The molecule has 0 amide bonds. The lowest BCUT2D eigenvalue weighted by atomic mass is 10.0. The van der Waals surface area contributed by atoms with Crippen LogP contribution in [0.2, 0.25) is 0 Å². The number of hydrogen-bond donors (Lipinski definition) is 1. The quantitative estimate of drug-likeness (QED) is 0.420. The van der Waals surface area contributed by atoms with E-state index in [-0.39, 0.29) is 16.7 Å². The van der Waals surface area contributed by atoms with Crippen molar-refractivity contribution in [2.24, 2.45) is 0 Å². The molecule has 1 unspecified atom stereocenters. The van der Waals surface area contributed by atoms with Gasteiger partial charge in [0.25, 0.3) is 5.69 Å².